The van der Waals surface area contributed by atoms with Crippen LogP contribution < -0.4 is 14.9 Å². The number of carbonyl (C=O) groups is 1. The van der Waals surface area contributed by atoms with Gasteiger partial charge in [0.05, 0.1) is 13.3 Å². The number of benzene rings is 2. The average molecular weight is 349 g/mol. The first-order chi connectivity index (χ1) is 12.7. The van der Waals surface area contributed by atoms with Gasteiger partial charge in [0.1, 0.15) is 17.0 Å². The van der Waals surface area contributed by atoms with Crippen LogP contribution in [0.15, 0.2) is 65.9 Å². The van der Waals surface area contributed by atoms with Crippen LogP contribution in [0.25, 0.3) is 10.9 Å². The van der Waals surface area contributed by atoms with Crippen LogP contribution in [0.3, 0.4) is 0 Å². The van der Waals surface area contributed by atoms with Crippen LogP contribution in [0.4, 0.5) is 0 Å². The van der Waals surface area contributed by atoms with Crippen LogP contribution in [0, 0.1) is 0 Å². The Morgan fingerprint density at radius 3 is 2.69 bits per heavy atom. The largest absolute Gasteiger partial charge is 0.497 e. The predicted molar refractivity (Wildman–Crippen MR) is 101 cm³/mol. The first-order valence-corrected chi connectivity index (χ1v) is 8.15. The number of amides is 1. The molecular weight excluding hydrogens is 330 g/mol. The summed E-state index contributed by atoms with van der Waals surface area (Å²) in [6, 6.07) is 16.7. The van der Waals surface area contributed by atoms with Crippen molar-refractivity contribution in [3.8, 4) is 11.5 Å². The Hall–Kier alpha value is -3.41. The molecule has 3 aromatic rings. The number of hydrazone groups is 1. The molecule has 0 aliphatic heterocycles. The fourth-order valence-corrected chi connectivity index (χ4v) is 2.37. The third-order valence-electron chi connectivity index (χ3n) is 3.77. The average Bonchev–Trinajstić information content (AvgIpc) is 2.68. The molecule has 1 heterocycles. The molecule has 1 unspecified atom stereocenters. The minimum atomic E-state index is -0.712. The molecule has 1 N–H and O–H groups in total. The van der Waals surface area contributed by atoms with Gasteiger partial charge >= 0.3 is 0 Å². The summed E-state index contributed by atoms with van der Waals surface area (Å²) in [6.07, 6.45) is 2.54. The second-order valence-electron chi connectivity index (χ2n) is 5.60. The zero-order valence-electron chi connectivity index (χ0n) is 14.5. The van der Waals surface area contributed by atoms with Gasteiger partial charge in [0.25, 0.3) is 5.91 Å². The Bertz CT molecular complexity index is 918. The van der Waals surface area contributed by atoms with E-state index in [1.807, 2.05) is 48.5 Å². The van der Waals surface area contributed by atoms with Gasteiger partial charge < -0.3 is 9.47 Å². The Morgan fingerprint density at radius 2 is 1.92 bits per heavy atom. The van der Waals surface area contributed by atoms with Crippen LogP contribution in [0.5, 0.6) is 11.5 Å². The van der Waals surface area contributed by atoms with E-state index in [4.69, 9.17) is 9.47 Å². The zero-order valence-corrected chi connectivity index (χ0v) is 14.5. The maximum Gasteiger partial charge on any atom is 0.280 e. The Labute approximate surface area is 151 Å². The van der Waals surface area contributed by atoms with Crippen LogP contribution in [-0.2, 0) is 4.79 Å². The molecular formula is C20H19N3O3. The van der Waals surface area contributed by atoms with Crippen LogP contribution in [0.2, 0.25) is 0 Å². The van der Waals surface area contributed by atoms with Gasteiger partial charge in [0.15, 0.2) is 6.10 Å². The maximum atomic E-state index is 12.2. The van der Waals surface area contributed by atoms with Gasteiger partial charge in [-0.3, -0.25) is 9.78 Å². The molecule has 1 amide bonds. The van der Waals surface area contributed by atoms with E-state index in [9.17, 15) is 4.79 Å². The third-order valence-corrected chi connectivity index (χ3v) is 3.77. The van der Waals surface area contributed by atoms with Crippen molar-refractivity contribution in [1.82, 2.24) is 10.4 Å². The van der Waals surface area contributed by atoms with Crippen molar-refractivity contribution in [2.45, 2.75) is 13.0 Å². The second-order valence-corrected chi connectivity index (χ2v) is 5.60. The quantitative estimate of drug-likeness (QED) is 0.548. The summed E-state index contributed by atoms with van der Waals surface area (Å²) in [5.41, 5.74) is 4.05. The molecule has 0 bridgehead atoms. The highest BCUT2D eigenvalue weighted by Gasteiger charge is 2.15. The van der Waals surface area contributed by atoms with Crippen LogP contribution in [0.1, 0.15) is 12.5 Å². The Balaban J connectivity index is 1.61. The highest BCUT2D eigenvalue weighted by Crippen LogP contribution is 2.23. The van der Waals surface area contributed by atoms with Crippen molar-refractivity contribution < 1.29 is 14.3 Å². The number of pyridine rings is 1. The first kappa shape index (κ1) is 17.4. The highest BCUT2D eigenvalue weighted by molar-refractivity contribution is 5.86. The van der Waals surface area contributed by atoms with E-state index < -0.39 is 6.10 Å². The number of carbonyl (C=O) groups excluding carboxylic acids is 1. The molecule has 6 nitrogen and oxygen atoms in total. The molecule has 1 atom stereocenters. The van der Waals surface area contributed by atoms with Crippen molar-refractivity contribution in [1.29, 1.82) is 0 Å². The third kappa shape index (κ3) is 4.16. The monoisotopic (exact) mass is 349 g/mol. The molecule has 0 spiro atoms. The summed E-state index contributed by atoms with van der Waals surface area (Å²) >= 11 is 0. The molecule has 0 radical (unpaired) electrons. The van der Waals surface area contributed by atoms with E-state index >= 15 is 0 Å². The fraction of sp³-hybridized carbons (Fsp3) is 0.150. The van der Waals surface area contributed by atoms with E-state index in [1.54, 1.807) is 32.5 Å². The number of ether oxygens (including phenoxy) is 2. The summed E-state index contributed by atoms with van der Waals surface area (Å²) < 4.78 is 10.9. The number of hydrogen-bond acceptors (Lipinski definition) is 5. The van der Waals surface area contributed by atoms with E-state index in [0.717, 1.165) is 22.2 Å². The minimum Gasteiger partial charge on any atom is -0.497 e. The van der Waals surface area contributed by atoms with Gasteiger partial charge in [-0.15, -0.1) is 0 Å². The SMILES string of the molecule is COc1ccc(/C=N/NC(=O)C(C)Oc2cccc3cccnc23)cc1. The van der Waals surface area contributed by atoms with Crippen molar-refractivity contribution >= 4 is 23.0 Å². The molecule has 0 aliphatic rings. The molecule has 0 aliphatic carbocycles. The lowest BCUT2D eigenvalue weighted by Crippen LogP contribution is -2.33. The zero-order chi connectivity index (χ0) is 18.4. The van der Waals surface area contributed by atoms with E-state index in [1.165, 1.54) is 0 Å². The van der Waals surface area contributed by atoms with Gasteiger partial charge in [0.2, 0.25) is 0 Å². The fourth-order valence-electron chi connectivity index (χ4n) is 2.37. The Kier molecular flexibility index (Phi) is 5.43. The molecule has 0 fully saturated rings. The number of nitrogens with one attached hydrogen (secondary N) is 1. The highest BCUT2D eigenvalue weighted by atomic mass is 16.5. The topological polar surface area (TPSA) is 72.8 Å². The van der Waals surface area contributed by atoms with Crippen molar-refractivity contribution in [2.75, 3.05) is 7.11 Å². The lowest BCUT2D eigenvalue weighted by Gasteiger charge is -2.14. The standard InChI is InChI=1S/C20H19N3O3/c1-14(26-18-7-3-5-16-6-4-12-21-19(16)18)20(24)23-22-13-15-8-10-17(25-2)11-9-15/h3-14H,1-2H3,(H,23,24)/b22-13+. The normalized spacial score (nSPS) is 12.1. The van der Waals surface area contributed by atoms with Gasteiger partial charge in [-0.05, 0) is 48.9 Å². The summed E-state index contributed by atoms with van der Waals surface area (Å²) in [6.45, 7) is 1.67. The molecule has 0 saturated heterocycles. The summed E-state index contributed by atoms with van der Waals surface area (Å²) in [5, 5.41) is 4.91. The van der Waals surface area contributed by atoms with Gasteiger partial charge in [-0.25, -0.2) is 5.43 Å². The second kappa shape index (κ2) is 8.11. The van der Waals surface area contributed by atoms with Crippen LogP contribution in [-0.4, -0.2) is 30.3 Å². The molecule has 132 valence electrons. The van der Waals surface area contributed by atoms with Crippen molar-refractivity contribution in [3.05, 3.63) is 66.4 Å². The van der Waals surface area contributed by atoms with E-state index in [-0.39, 0.29) is 5.91 Å². The molecule has 2 aromatic carbocycles. The van der Waals surface area contributed by atoms with Gasteiger partial charge in [0, 0.05) is 11.6 Å². The Morgan fingerprint density at radius 1 is 1.15 bits per heavy atom. The molecule has 26 heavy (non-hydrogen) atoms. The lowest BCUT2D eigenvalue weighted by molar-refractivity contribution is -0.127. The summed E-state index contributed by atoms with van der Waals surface area (Å²) in [5.74, 6) is 0.976. The summed E-state index contributed by atoms with van der Waals surface area (Å²) in [4.78, 5) is 16.5. The number of nitrogens with zero attached hydrogens (tertiary/aromatic N) is 2. The van der Waals surface area contributed by atoms with Crippen molar-refractivity contribution in [2.24, 2.45) is 5.10 Å². The lowest BCUT2D eigenvalue weighted by atomic mass is 10.2. The van der Waals surface area contributed by atoms with Crippen molar-refractivity contribution in [3.63, 3.8) is 0 Å². The smallest absolute Gasteiger partial charge is 0.280 e. The number of hydrogen-bond donors (Lipinski definition) is 1. The molecule has 6 heteroatoms. The van der Waals surface area contributed by atoms with E-state index in [2.05, 4.69) is 15.5 Å². The molecule has 1 aromatic heterocycles. The molecule has 0 saturated carbocycles. The number of aromatic nitrogens is 1. The molecule has 3 rings (SSSR count). The number of para-hydroxylation sites is 1. The number of fused-ring (bicyclic) bond motifs is 1. The summed E-state index contributed by atoms with van der Waals surface area (Å²) in [7, 11) is 1.61. The first-order valence-electron chi connectivity index (χ1n) is 8.15. The van der Waals surface area contributed by atoms with Gasteiger partial charge in [-0.2, -0.15) is 5.10 Å². The minimum absolute atomic E-state index is 0.345. The predicted octanol–water partition coefficient (Wildman–Crippen LogP) is 3.16. The number of rotatable bonds is 6. The van der Waals surface area contributed by atoms with Crippen LogP contribution >= 0.6 is 0 Å². The van der Waals surface area contributed by atoms with Gasteiger partial charge in [-0.1, -0.05) is 18.2 Å². The maximum absolute atomic E-state index is 12.2. The van der Waals surface area contributed by atoms with E-state index in [0.29, 0.717) is 5.75 Å². The number of methoxy groups -OCH3 is 1.